The fraction of sp³-hybridized carbons (Fsp3) is 0.846. The van der Waals surface area contributed by atoms with E-state index in [2.05, 4.69) is 4.90 Å². The van der Waals surface area contributed by atoms with Crippen LogP contribution in [0.4, 0.5) is 4.79 Å². The first-order valence-electron chi connectivity index (χ1n) is 6.62. The second kappa shape index (κ2) is 6.23. The molecule has 0 aliphatic carbocycles. The summed E-state index contributed by atoms with van der Waals surface area (Å²) in [6.45, 7) is 10.3. The van der Waals surface area contributed by atoms with Crippen LogP contribution in [0, 0.1) is 5.92 Å². The number of carbonyl (C=O) groups is 2. The van der Waals surface area contributed by atoms with Crippen LogP contribution in [0.25, 0.3) is 0 Å². The highest BCUT2D eigenvalue weighted by molar-refractivity contribution is 5.70. The van der Waals surface area contributed by atoms with Crippen molar-refractivity contribution >= 4 is 12.1 Å². The Bertz CT molecular complexity index is 330. The largest absolute Gasteiger partial charge is 0.481 e. The van der Waals surface area contributed by atoms with Gasteiger partial charge in [0, 0.05) is 32.7 Å². The van der Waals surface area contributed by atoms with Gasteiger partial charge in [-0.2, -0.15) is 0 Å². The molecule has 1 rings (SSSR count). The molecular weight excluding hydrogens is 248 g/mol. The van der Waals surface area contributed by atoms with Gasteiger partial charge in [0.25, 0.3) is 0 Å². The number of aliphatic carboxylic acids is 1. The lowest BCUT2D eigenvalue weighted by atomic mass is 10.1. The molecule has 0 bridgehead atoms. The summed E-state index contributed by atoms with van der Waals surface area (Å²) in [5.74, 6) is -1.16. The van der Waals surface area contributed by atoms with E-state index in [1.807, 2.05) is 20.8 Å². The zero-order valence-electron chi connectivity index (χ0n) is 12.2. The summed E-state index contributed by atoms with van der Waals surface area (Å²) in [5, 5.41) is 8.87. The number of carbonyl (C=O) groups excluding carboxylic acids is 1. The molecule has 1 atom stereocenters. The molecule has 1 aliphatic rings. The highest BCUT2D eigenvalue weighted by atomic mass is 16.6. The number of amides is 1. The zero-order valence-corrected chi connectivity index (χ0v) is 12.2. The first kappa shape index (κ1) is 15.8. The smallest absolute Gasteiger partial charge is 0.410 e. The fourth-order valence-corrected chi connectivity index (χ4v) is 1.90. The standard InChI is InChI=1S/C13H24N2O4/c1-10(11(16)17)9-14-5-7-15(8-6-14)12(18)19-13(2,3)4/h10H,5-9H2,1-4H3,(H,16,17)/t10-/m1/s1. The van der Waals surface area contributed by atoms with Gasteiger partial charge in [0.15, 0.2) is 0 Å². The zero-order chi connectivity index (χ0) is 14.6. The number of hydrogen-bond donors (Lipinski definition) is 1. The van der Waals surface area contributed by atoms with Gasteiger partial charge in [0.05, 0.1) is 5.92 Å². The monoisotopic (exact) mass is 272 g/mol. The molecular formula is C13H24N2O4. The number of piperazine rings is 1. The number of rotatable bonds is 3. The summed E-state index contributed by atoms with van der Waals surface area (Å²) in [7, 11) is 0. The number of hydrogen-bond acceptors (Lipinski definition) is 4. The maximum atomic E-state index is 11.8. The van der Waals surface area contributed by atoms with E-state index in [0.717, 1.165) is 0 Å². The van der Waals surface area contributed by atoms with Crippen LogP contribution in [-0.2, 0) is 9.53 Å². The predicted molar refractivity (Wildman–Crippen MR) is 71.0 cm³/mol. The van der Waals surface area contributed by atoms with Gasteiger partial charge >= 0.3 is 12.1 Å². The van der Waals surface area contributed by atoms with E-state index in [1.165, 1.54) is 0 Å². The molecule has 6 nitrogen and oxygen atoms in total. The van der Waals surface area contributed by atoms with Gasteiger partial charge in [-0.05, 0) is 20.8 Å². The second-order valence-corrected chi connectivity index (χ2v) is 6.01. The van der Waals surface area contributed by atoms with Crippen molar-refractivity contribution in [3.05, 3.63) is 0 Å². The van der Waals surface area contributed by atoms with E-state index in [1.54, 1.807) is 11.8 Å². The first-order valence-corrected chi connectivity index (χ1v) is 6.62. The predicted octanol–water partition coefficient (Wildman–Crippen LogP) is 1.26. The third-order valence-electron chi connectivity index (χ3n) is 2.98. The van der Waals surface area contributed by atoms with Crippen molar-refractivity contribution in [1.29, 1.82) is 0 Å². The lowest BCUT2D eigenvalue weighted by Gasteiger charge is -2.36. The summed E-state index contributed by atoms with van der Waals surface area (Å²) in [5.41, 5.74) is -0.480. The average Bonchev–Trinajstić information content (AvgIpc) is 2.27. The Morgan fingerprint density at radius 2 is 1.74 bits per heavy atom. The van der Waals surface area contributed by atoms with Crippen LogP contribution in [0.3, 0.4) is 0 Å². The van der Waals surface area contributed by atoms with Gasteiger partial charge in [-0.15, -0.1) is 0 Å². The van der Waals surface area contributed by atoms with Gasteiger partial charge in [-0.25, -0.2) is 4.79 Å². The summed E-state index contributed by atoms with van der Waals surface area (Å²) >= 11 is 0. The van der Waals surface area contributed by atoms with Crippen molar-refractivity contribution in [3.63, 3.8) is 0 Å². The molecule has 1 amide bonds. The van der Waals surface area contributed by atoms with Crippen molar-refractivity contribution in [2.24, 2.45) is 5.92 Å². The average molecular weight is 272 g/mol. The lowest BCUT2D eigenvalue weighted by Crippen LogP contribution is -2.51. The van der Waals surface area contributed by atoms with Crippen molar-refractivity contribution in [3.8, 4) is 0 Å². The normalized spacial score (nSPS) is 19.1. The van der Waals surface area contributed by atoms with Crippen LogP contribution in [0.2, 0.25) is 0 Å². The highest BCUT2D eigenvalue weighted by Crippen LogP contribution is 2.12. The third-order valence-corrected chi connectivity index (χ3v) is 2.98. The molecule has 0 aromatic carbocycles. The Balaban J connectivity index is 2.36. The van der Waals surface area contributed by atoms with Gasteiger partial charge in [0.1, 0.15) is 5.60 Å². The third kappa shape index (κ3) is 5.46. The lowest BCUT2D eigenvalue weighted by molar-refractivity contribution is -0.141. The molecule has 0 unspecified atom stereocenters. The minimum atomic E-state index is -0.783. The molecule has 0 radical (unpaired) electrons. The van der Waals surface area contributed by atoms with Crippen LogP contribution in [-0.4, -0.2) is 65.3 Å². The maximum absolute atomic E-state index is 11.8. The summed E-state index contributed by atoms with van der Waals surface area (Å²) in [4.78, 5) is 26.4. The molecule has 1 fully saturated rings. The Hall–Kier alpha value is -1.30. The van der Waals surface area contributed by atoms with Crippen molar-refractivity contribution in [2.75, 3.05) is 32.7 Å². The van der Waals surface area contributed by atoms with Crippen molar-refractivity contribution < 1.29 is 19.4 Å². The second-order valence-electron chi connectivity index (χ2n) is 6.01. The van der Waals surface area contributed by atoms with Crippen LogP contribution >= 0.6 is 0 Å². The Kier molecular flexibility index (Phi) is 5.17. The minimum Gasteiger partial charge on any atom is -0.481 e. The van der Waals surface area contributed by atoms with Gasteiger partial charge in [0.2, 0.25) is 0 Å². The van der Waals surface area contributed by atoms with Crippen LogP contribution in [0.15, 0.2) is 0 Å². The van der Waals surface area contributed by atoms with E-state index in [4.69, 9.17) is 9.84 Å². The van der Waals surface area contributed by atoms with Crippen molar-refractivity contribution in [2.45, 2.75) is 33.3 Å². The molecule has 19 heavy (non-hydrogen) atoms. The summed E-state index contributed by atoms with van der Waals surface area (Å²) in [6, 6.07) is 0. The van der Waals surface area contributed by atoms with Crippen LogP contribution in [0.1, 0.15) is 27.7 Å². The molecule has 0 saturated carbocycles. The molecule has 1 heterocycles. The SMILES string of the molecule is C[C@H](CN1CCN(C(=O)OC(C)(C)C)CC1)C(=O)O. The van der Waals surface area contributed by atoms with Gasteiger partial charge < -0.3 is 14.7 Å². The topological polar surface area (TPSA) is 70.1 Å². The summed E-state index contributed by atoms with van der Waals surface area (Å²) in [6.07, 6.45) is -0.293. The molecule has 0 aromatic rings. The van der Waals surface area contributed by atoms with E-state index < -0.39 is 11.6 Å². The Labute approximate surface area is 114 Å². The summed E-state index contributed by atoms with van der Waals surface area (Å²) < 4.78 is 5.31. The van der Waals surface area contributed by atoms with Crippen LogP contribution in [0.5, 0.6) is 0 Å². The molecule has 0 aromatic heterocycles. The highest BCUT2D eigenvalue weighted by Gasteiger charge is 2.27. The number of carboxylic acids is 1. The van der Waals surface area contributed by atoms with E-state index in [0.29, 0.717) is 32.7 Å². The van der Waals surface area contributed by atoms with Crippen molar-refractivity contribution in [1.82, 2.24) is 9.80 Å². The molecule has 0 spiro atoms. The Morgan fingerprint density at radius 3 is 2.16 bits per heavy atom. The number of carboxylic acid groups (broad SMARTS) is 1. The molecule has 1 N–H and O–H groups in total. The maximum Gasteiger partial charge on any atom is 0.410 e. The molecule has 6 heteroatoms. The van der Waals surface area contributed by atoms with E-state index in [-0.39, 0.29) is 12.0 Å². The first-order chi connectivity index (χ1) is 8.69. The number of ether oxygens (including phenoxy) is 1. The molecule has 110 valence electrons. The minimum absolute atomic E-state index is 0.293. The van der Waals surface area contributed by atoms with Gasteiger partial charge in [-0.3, -0.25) is 9.69 Å². The Morgan fingerprint density at radius 1 is 1.21 bits per heavy atom. The van der Waals surface area contributed by atoms with E-state index in [9.17, 15) is 9.59 Å². The van der Waals surface area contributed by atoms with E-state index >= 15 is 0 Å². The fourth-order valence-electron chi connectivity index (χ4n) is 1.90. The van der Waals surface area contributed by atoms with Gasteiger partial charge in [-0.1, -0.05) is 6.92 Å². The quantitative estimate of drug-likeness (QED) is 0.837. The molecule has 1 saturated heterocycles. The molecule has 1 aliphatic heterocycles. The number of nitrogens with zero attached hydrogens (tertiary/aromatic N) is 2. The van der Waals surface area contributed by atoms with Crippen LogP contribution < -0.4 is 0 Å².